The van der Waals surface area contributed by atoms with Crippen molar-refractivity contribution in [2.24, 2.45) is 0 Å². The number of tetrazole rings is 1. The summed E-state index contributed by atoms with van der Waals surface area (Å²) in [6.07, 6.45) is 5.87. The minimum atomic E-state index is -0.235. The lowest BCUT2D eigenvalue weighted by Crippen LogP contribution is -2.40. The molecule has 0 spiro atoms. The summed E-state index contributed by atoms with van der Waals surface area (Å²) in [5, 5.41) is 15.5. The summed E-state index contributed by atoms with van der Waals surface area (Å²) in [5.74, 6) is 0.0613. The molecule has 0 aliphatic heterocycles. The number of aryl methyl sites for hydroxylation is 1. The van der Waals surface area contributed by atoms with Gasteiger partial charge in [0.15, 0.2) is 0 Å². The number of aromatic nitrogens is 4. The van der Waals surface area contributed by atoms with E-state index in [4.69, 9.17) is 0 Å². The fraction of sp³-hybridized carbons (Fsp3) is 0.529. The fourth-order valence-corrected chi connectivity index (χ4v) is 3.79. The monoisotopic (exact) mass is 345 g/mol. The number of rotatable bonds is 5. The van der Waals surface area contributed by atoms with Crippen LogP contribution in [0.3, 0.4) is 0 Å². The van der Waals surface area contributed by atoms with Crippen LogP contribution < -0.4 is 5.32 Å². The number of thioether (sulfide) groups is 1. The highest BCUT2D eigenvalue weighted by Gasteiger charge is 2.23. The number of para-hydroxylation sites is 1. The molecule has 24 heavy (non-hydrogen) atoms. The first-order chi connectivity index (χ1) is 11.6. The van der Waals surface area contributed by atoms with Gasteiger partial charge in [0.2, 0.25) is 11.1 Å². The average Bonchev–Trinajstić information content (AvgIpc) is 3.04. The van der Waals surface area contributed by atoms with Gasteiger partial charge in [-0.1, -0.05) is 49.2 Å². The van der Waals surface area contributed by atoms with Gasteiger partial charge in [-0.05, 0) is 48.7 Å². The first-order valence-corrected chi connectivity index (χ1v) is 9.34. The second-order valence-corrected chi connectivity index (χ2v) is 7.57. The number of nitrogens with one attached hydrogen (secondary N) is 1. The Bertz CT molecular complexity index is 696. The molecule has 1 aliphatic rings. The van der Waals surface area contributed by atoms with Crippen LogP contribution in [0.15, 0.2) is 29.4 Å². The standard InChI is InChI=1S/C17H23N5OS/c1-12-8-6-7-11-15(12)22-17(19-20-21-22)24-13(2)16(23)18-14-9-4-3-5-10-14/h6-8,11,13-14H,3-5,9-10H2,1-2H3,(H,18,23)/t13-/m1/s1. The topological polar surface area (TPSA) is 72.7 Å². The van der Waals surface area contributed by atoms with Crippen molar-refractivity contribution in [1.82, 2.24) is 25.5 Å². The maximum atomic E-state index is 12.4. The first kappa shape index (κ1) is 17.0. The predicted octanol–water partition coefficient (Wildman–Crippen LogP) is 2.90. The molecule has 0 unspecified atom stereocenters. The molecule has 0 bridgehead atoms. The Kier molecular flexibility index (Phi) is 5.50. The van der Waals surface area contributed by atoms with Crippen molar-refractivity contribution in [3.8, 4) is 5.69 Å². The second kappa shape index (κ2) is 7.79. The molecule has 1 saturated carbocycles. The summed E-state index contributed by atoms with van der Waals surface area (Å²) in [6, 6.07) is 8.25. The lowest BCUT2D eigenvalue weighted by molar-refractivity contribution is -0.121. The molecule has 0 saturated heterocycles. The van der Waals surface area contributed by atoms with Gasteiger partial charge in [-0.2, -0.15) is 4.68 Å². The fourth-order valence-electron chi connectivity index (χ4n) is 2.98. The molecule has 1 heterocycles. The first-order valence-electron chi connectivity index (χ1n) is 8.46. The van der Waals surface area contributed by atoms with Crippen LogP contribution in [-0.2, 0) is 4.79 Å². The van der Waals surface area contributed by atoms with E-state index >= 15 is 0 Å². The van der Waals surface area contributed by atoms with Gasteiger partial charge in [-0.15, -0.1) is 5.10 Å². The van der Waals surface area contributed by atoms with Gasteiger partial charge in [0, 0.05) is 6.04 Å². The van der Waals surface area contributed by atoms with Crippen molar-refractivity contribution in [1.29, 1.82) is 0 Å². The zero-order valence-corrected chi connectivity index (χ0v) is 14.9. The molecule has 128 valence electrons. The van der Waals surface area contributed by atoms with Crippen LogP contribution in [-0.4, -0.2) is 37.4 Å². The molecule has 0 radical (unpaired) electrons. The molecule has 2 aromatic rings. The van der Waals surface area contributed by atoms with Crippen LogP contribution in [0.5, 0.6) is 0 Å². The van der Waals surface area contributed by atoms with Gasteiger partial charge in [-0.3, -0.25) is 4.79 Å². The lowest BCUT2D eigenvalue weighted by Gasteiger charge is -2.24. The van der Waals surface area contributed by atoms with E-state index in [0.717, 1.165) is 24.1 Å². The van der Waals surface area contributed by atoms with Crippen LogP contribution in [0.25, 0.3) is 5.69 Å². The quantitative estimate of drug-likeness (QED) is 0.844. The minimum Gasteiger partial charge on any atom is -0.352 e. The van der Waals surface area contributed by atoms with Crippen molar-refractivity contribution in [2.75, 3.05) is 0 Å². The smallest absolute Gasteiger partial charge is 0.233 e. The van der Waals surface area contributed by atoms with E-state index in [9.17, 15) is 4.79 Å². The summed E-state index contributed by atoms with van der Waals surface area (Å²) in [7, 11) is 0. The zero-order chi connectivity index (χ0) is 16.9. The lowest BCUT2D eigenvalue weighted by atomic mass is 9.95. The van der Waals surface area contributed by atoms with Gasteiger partial charge in [0.1, 0.15) is 0 Å². The highest BCUT2D eigenvalue weighted by atomic mass is 32.2. The number of benzene rings is 1. The number of amides is 1. The molecular formula is C17H23N5OS. The largest absolute Gasteiger partial charge is 0.352 e. The minimum absolute atomic E-state index is 0.0613. The Morgan fingerprint density at radius 1 is 1.29 bits per heavy atom. The van der Waals surface area contributed by atoms with Gasteiger partial charge < -0.3 is 5.32 Å². The third kappa shape index (κ3) is 3.95. The van der Waals surface area contributed by atoms with Crippen molar-refractivity contribution in [3.05, 3.63) is 29.8 Å². The van der Waals surface area contributed by atoms with Crippen molar-refractivity contribution in [2.45, 2.75) is 62.4 Å². The maximum absolute atomic E-state index is 12.4. The summed E-state index contributed by atoms with van der Waals surface area (Å²) in [5.41, 5.74) is 2.02. The van der Waals surface area contributed by atoms with Crippen LogP contribution in [0, 0.1) is 6.92 Å². The summed E-state index contributed by atoms with van der Waals surface area (Å²) in [6.45, 7) is 3.92. The van der Waals surface area contributed by atoms with Gasteiger partial charge in [0.25, 0.3) is 0 Å². The van der Waals surface area contributed by atoms with Crippen molar-refractivity contribution >= 4 is 17.7 Å². The van der Waals surface area contributed by atoms with Crippen molar-refractivity contribution in [3.63, 3.8) is 0 Å². The van der Waals surface area contributed by atoms with Gasteiger partial charge in [-0.25, -0.2) is 0 Å². The Morgan fingerprint density at radius 3 is 2.79 bits per heavy atom. The van der Waals surface area contributed by atoms with Gasteiger partial charge in [0.05, 0.1) is 10.9 Å². The molecule has 1 aromatic heterocycles. The molecular weight excluding hydrogens is 322 g/mol. The number of carbonyl (C=O) groups excluding carboxylic acids is 1. The predicted molar refractivity (Wildman–Crippen MR) is 94.2 cm³/mol. The molecule has 1 amide bonds. The Hall–Kier alpha value is -1.89. The molecule has 1 aliphatic carbocycles. The third-order valence-electron chi connectivity index (χ3n) is 4.39. The molecule has 7 heteroatoms. The molecule has 6 nitrogen and oxygen atoms in total. The number of hydrogen-bond donors (Lipinski definition) is 1. The van der Waals surface area contributed by atoms with Gasteiger partial charge >= 0.3 is 0 Å². The van der Waals surface area contributed by atoms with Crippen LogP contribution in [0.2, 0.25) is 0 Å². The van der Waals surface area contributed by atoms with E-state index in [1.54, 1.807) is 4.68 Å². The highest BCUT2D eigenvalue weighted by Crippen LogP contribution is 2.25. The molecule has 1 N–H and O–H groups in total. The van der Waals surface area contributed by atoms with Crippen molar-refractivity contribution < 1.29 is 4.79 Å². The van der Waals surface area contributed by atoms with Crippen LogP contribution >= 0.6 is 11.8 Å². The van der Waals surface area contributed by atoms with E-state index in [1.807, 2.05) is 38.1 Å². The van der Waals surface area contributed by atoms with E-state index in [0.29, 0.717) is 11.2 Å². The average molecular weight is 345 g/mol. The molecule has 1 atom stereocenters. The van der Waals surface area contributed by atoms with Crippen LogP contribution in [0.4, 0.5) is 0 Å². The normalized spacial score (nSPS) is 16.8. The van der Waals surface area contributed by atoms with E-state index in [1.165, 1.54) is 31.0 Å². The van der Waals surface area contributed by atoms with Crippen LogP contribution in [0.1, 0.15) is 44.6 Å². The number of hydrogen-bond acceptors (Lipinski definition) is 5. The SMILES string of the molecule is Cc1ccccc1-n1nnnc1S[C@H](C)C(=O)NC1CCCCC1. The summed E-state index contributed by atoms with van der Waals surface area (Å²) < 4.78 is 1.70. The van der Waals surface area contributed by atoms with E-state index in [2.05, 4.69) is 20.8 Å². The second-order valence-electron chi connectivity index (χ2n) is 6.26. The molecule has 1 aromatic carbocycles. The highest BCUT2D eigenvalue weighted by molar-refractivity contribution is 8.00. The van der Waals surface area contributed by atoms with E-state index in [-0.39, 0.29) is 11.2 Å². The summed E-state index contributed by atoms with van der Waals surface area (Å²) in [4.78, 5) is 12.4. The zero-order valence-electron chi connectivity index (χ0n) is 14.1. The third-order valence-corrected chi connectivity index (χ3v) is 5.42. The molecule has 3 rings (SSSR count). The number of nitrogens with zero attached hydrogens (tertiary/aromatic N) is 4. The number of carbonyl (C=O) groups is 1. The Labute approximate surface area is 146 Å². The molecule has 1 fully saturated rings. The van der Waals surface area contributed by atoms with E-state index < -0.39 is 0 Å². The summed E-state index contributed by atoms with van der Waals surface area (Å²) >= 11 is 1.39. The Balaban J connectivity index is 1.67. The maximum Gasteiger partial charge on any atom is 0.233 e. The Morgan fingerprint density at radius 2 is 2.04 bits per heavy atom.